The molecule has 0 aliphatic heterocycles. The van der Waals surface area contributed by atoms with Crippen molar-refractivity contribution < 1.29 is 14.6 Å². The second-order valence-corrected chi connectivity index (χ2v) is 3.13. The number of aromatic nitrogens is 2. The third-order valence-electron chi connectivity index (χ3n) is 2.21. The van der Waals surface area contributed by atoms with E-state index in [2.05, 4.69) is 4.98 Å². The van der Waals surface area contributed by atoms with Crippen LogP contribution >= 0.6 is 0 Å². The van der Waals surface area contributed by atoms with Gasteiger partial charge >= 0.3 is 5.97 Å². The van der Waals surface area contributed by atoms with Gasteiger partial charge in [0.1, 0.15) is 11.4 Å². The van der Waals surface area contributed by atoms with E-state index in [0.717, 1.165) is 0 Å². The van der Waals surface area contributed by atoms with Gasteiger partial charge in [-0.3, -0.25) is 0 Å². The third kappa shape index (κ3) is 1.63. The van der Waals surface area contributed by atoms with Crippen LogP contribution in [0.3, 0.4) is 0 Å². The van der Waals surface area contributed by atoms with Gasteiger partial charge in [0.25, 0.3) is 0 Å². The molecule has 82 valence electrons. The van der Waals surface area contributed by atoms with Crippen LogP contribution in [0.4, 0.5) is 0 Å². The molecular formula is C11H10N2O3. The fraction of sp³-hybridized carbons (Fsp3) is 0.0909. The molecule has 0 atom stereocenters. The number of methoxy groups -OCH3 is 1. The minimum absolute atomic E-state index is 0.178. The summed E-state index contributed by atoms with van der Waals surface area (Å²) in [7, 11) is 1.50. The van der Waals surface area contributed by atoms with Gasteiger partial charge in [0, 0.05) is 12.4 Å². The van der Waals surface area contributed by atoms with Gasteiger partial charge in [-0.15, -0.1) is 0 Å². The van der Waals surface area contributed by atoms with Crippen molar-refractivity contribution in [3.8, 4) is 11.4 Å². The summed E-state index contributed by atoms with van der Waals surface area (Å²) < 4.78 is 6.76. The van der Waals surface area contributed by atoms with Gasteiger partial charge in [-0.2, -0.15) is 0 Å². The minimum Gasteiger partial charge on any atom is -0.495 e. The summed E-state index contributed by atoms with van der Waals surface area (Å²) in [5, 5.41) is 9.10. The Bertz CT molecular complexity index is 506. The van der Waals surface area contributed by atoms with E-state index in [1.165, 1.54) is 19.5 Å². The standard InChI is InChI=1S/C11H10N2O3/c1-16-9-4-2-3-8(11(14)15)10(9)13-6-5-12-7-13/h2-7H,1H3,(H,14,15). The van der Waals surface area contributed by atoms with Crippen molar-refractivity contribution in [2.24, 2.45) is 0 Å². The third-order valence-corrected chi connectivity index (χ3v) is 2.21. The van der Waals surface area contributed by atoms with Crippen molar-refractivity contribution in [2.45, 2.75) is 0 Å². The predicted octanol–water partition coefficient (Wildman–Crippen LogP) is 1.58. The number of rotatable bonds is 3. The second kappa shape index (κ2) is 4.06. The van der Waals surface area contributed by atoms with E-state index >= 15 is 0 Å². The quantitative estimate of drug-likeness (QED) is 0.849. The molecule has 0 saturated carbocycles. The van der Waals surface area contributed by atoms with Gasteiger partial charge in [-0.05, 0) is 12.1 Å². The SMILES string of the molecule is COc1cccc(C(=O)O)c1-n1ccnc1. The van der Waals surface area contributed by atoms with E-state index in [4.69, 9.17) is 9.84 Å². The molecule has 5 nitrogen and oxygen atoms in total. The number of carbonyl (C=O) groups is 1. The summed E-state index contributed by atoms with van der Waals surface area (Å²) >= 11 is 0. The van der Waals surface area contributed by atoms with Crippen LogP contribution in [0.2, 0.25) is 0 Å². The first-order valence-corrected chi connectivity index (χ1v) is 4.62. The fourth-order valence-electron chi connectivity index (χ4n) is 1.52. The molecule has 16 heavy (non-hydrogen) atoms. The maximum atomic E-state index is 11.1. The van der Waals surface area contributed by atoms with E-state index in [1.54, 1.807) is 29.1 Å². The van der Waals surface area contributed by atoms with Crippen molar-refractivity contribution in [1.82, 2.24) is 9.55 Å². The molecule has 2 aromatic rings. The van der Waals surface area contributed by atoms with Gasteiger partial charge in [-0.25, -0.2) is 9.78 Å². The Morgan fingerprint density at radius 2 is 2.31 bits per heavy atom. The first kappa shape index (κ1) is 10.2. The lowest BCUT2D eigenvalue weighted by Gasteiger charge is -2.11. The number of benzene rings is 1. The topological polar surface area (TPSA) is 64.3 Å². The summed E-state index contributed by atoms with van der Waals surface area (Å²) in [6.07, 6.45) is 4.78. The lowest BCUT2D eigenvalue weighted by atomic mass is 10.1. The van der Waals surface area contributed by atoms with Crippen molar-refractivity contribution in [2.75, 3.05) is 7.11 Å². The van der Waals surface area contributed by atoms with Crippen molar-refractivity contribution >= 4 is 5.97 Å². The maximum absolute atomic E-state index is 11.1. The lowest BCUT2D eigenvalue weighted by molar-refractivity contribution is 0.0696. The monoisotopic (exact) mass is 218 g/mol. The number of imidazole rings is 1. The highest BCUT2D eigenvalue weighted by molar-refractivity contribution is 5.93. The average molecular weight is 218 g/mol. The van der Waals surface area contributed by atoms with Crippen molar-refractivity contribution in [1.29, 1.82) is 0 Å². The molecule has 0 radical (unpaired) electrons. The molecule has 0 saturated heterocycles. The zero-order valence-corrected chi connectivity index (χ0v) is 8.62. The highest BCUT2D eigenvalue weighted by Crippen LogP contribution is 2.26. The van der Waals surface area contributed by atoms with E-state index in [-0.39, 0.29) is 5.56 Å². The van der Waals surface area contributed by atoms with Gasteiger partial charge in [0.2, 0.25) is 0 Å². The lowest BCUT2D eigenvalue weighted by Crippen LogP contribution is -2.06. The average Bonchev–Trinajstić information content (AvgIpc) is 2.81. The molecule has 5 heteroatoms. The second-order valence-electron chi connectivity index (χ2n) is 3.13. The molecule has 0 bridgehead atoms. The summed E-state index contributed by atoms with van der Waals surface area (Å²) in [5.74, 6) is -0.500. The van der Waals surface area contributed by atoms with Gasteiger partial charge in [-0.1, -0.05) is 6.07 Å². The Morgan fingerprint density at radius 3 is 2.88 bits per heavy atom. The zero-order valence-electron chi connectivity index (χ0n) is 8.62. The Kier molecular flexibility index (Phi) is 2.59. The van der Waals surface area contributed by atoms with Crippen LogP contribution in [-0.4, -0.2) is 27.7 Å². The minimum atomic E-state index is -0.998. The van der Waals surface area contributed by atoms with Crippen molar-refractivity contribution in [3.63, 3.8) is 0 Å². The molecule has 1 heterocycles. The first-order chi connectivity index (χ1) is 7.74. The summed E-state index contributed by atoms with van der Waals surface area (Å²) in [5.41, 5.74) is 0.660. The van der Waals surface area contributed by atoms with Crippen LogP contribution in [0.15, 0.2) is 36.9 Å². The Labute approximate surface area is 91.9 Å². The number of carboxylic acids is 1. The normalized spacial score (nSPS) is 10.1. The largest absolute Gasteiger partial charge is 0.495 e. The molecule has 0 aliphatic carbocycles. The summed E-state index contributed by atoms with van der Waals surface area (Å²) in [4.78, 5) is 15.0. The van der Waals surface area contributed by atoms with Gasteiger partial charge in [0.15, 0.2) is 0 Å². The number of para-hydroxylation sites is 1. The van der Waals surface area contributed by atoms with Crippen LogP contribution in [0.1, 0.15) is 10.4 Å². The number of ether oxygens (including phenoxy) is 1. The summed E-state index contributed by atoms with van der Waals surface area (Å²) in [6, 6.07) is 4.88. The number of hydrogen-bond acceptors (Lipinski definition) is 3. The number of carboxylic acid groups (broad SMARTS) is 1. The highest BCUT2D eigenvalue weighted by Gasteiger charge is 2.15. The maximum Gasteiger partial charge on any atom is 0.337 e. The molecule has 0 amide bonds. The van der Waals surface area contributed by atoms with Crippen LogP contribution in [-0.2, 0) is 0 Å². The molecular weight excluding hydrogens is 208 g/mol. The van der Waals surface area contributed by atoms with E-state index < -0.39 is 5.97 Å². The molecule has 1 aromatic heterocycles. The Balaban J connectivity index is 2.68. The Morgan fingerprint density at radius 1 is 1.50 bits per heavy atom. The van der Waals surface area contributed by atoms with Crippen LogP contribution < -0.4 is 4.74 Å². The zero-order chi connectivity index (χ0) is 11.5. The van der Waals surface area contributed by atoms with Crippen molar-refractivity contribution in [3.05, 3.63) is 42.5 Å². The molecule has 0 spiro atoms. The molecule has 0 aliphatic rings. The van der Waals surface area contributed by atoms with E-state index in [9.17, 15) is 4.79 Å². The fourth-order valence-corrected chi connectivity index (χ4v) is 1.52. The number of hydrogen-bond donors (Lipinski definition) is 1. The van der Waals surface area contributed by atoms with Crippen LogP contribution in [0.25, 0.3) is 5.69 Å². The van der Waals surface area contributed by atoms with Crippen LogP contribution in [0.5, 0.6) is 5.75 Å². The first-order valence-electron chi connectivity index (χ1n) is 4.62. The molecule has 2 rings (SSSR count). The molecule has 0 fully saturated rings. The predicted molar refractivity (Wildman–Crippen MR) is 57.1 cm³/mol. The highest BCUT2D eigenvalue weighted by atomic mass is 16.5. The van der Waals surface area contributed by atoms with Gasteiger partial charge in [0.05, 0.1) is 19.0 Å². The molecule has 1 aromatic carbocycles. The van der Waals surface area contributed by atoms with Crippen LogP contribution in [0, 0.1) is 0 Å². The molecule has 0 unspecified atom stereocenters. The Hall–Kier alpha value is -2.30. The number of aromatic carboxylic acids is 1. The van der Waals surface area contributed by atoms with E-state index in [1.807, 2.05) is 0 Å². The summed E-state index contributed by atoms with van der Waals surface area (Å²) in [6.45, 7) is 0. The smallest absolute Gasteiger partial charge is 0.337 e. The van der Waals surface area contributed by atoms with E-state index in [0.29, 0.717) is 11.4 Å². The number of nitrogens with zero attached hydrogens (tertiary/aromatic N) is 2. The molecule has 1 N–H and O–H groups in total. The van der Waals surface area contributed by atoms with Gasteiger partial charge < -0.3 is 14.4 Å².